The lowest BCUT2D eigenvalue weighted by molar-refractivity contribution is 0.0570. The van der Waals surface area contributed by atoms with Crippen LogP contribution in [-0.4, -0.2) is 30.1 Å². The van der Waals surface area contributed by atoms with Gasteiger partial charge in [-0.15, -0.1) is 0 Å². The van der Waals surface area contributed by atoms with Gasteiger partial charge in [0.25, 0.3) is 0 Å². The second-order valence-electron chi connectivity index (χ2n) is 4.14. The molecule has 0 radical (unpaired) electrons. The molecule has 0 unspecified atom stereocenters. The first-order valence-corrected chi connectivity index (χ1v) is 4.75. The fraction of sp³-hybridized carbons (Fsp3) is 1.00. The first-order chi connectivity index (χ1) is 5.27. The van der Waals surface area contributed by atoms with E-state index in [1.807, 2.05) is 0 Å². The minimum absolute atomic E-state index is 0.487. The highest BCUT2D eigenvalue weighted by Gasteiger charge is 2.34. The molecule has 2 N–H and O–H groups in total. The Balaban J connectivity index is 2.07. The smallest absolute Gasteiger partial charge is 0.0110 e. The molecular formula is C9H18N2. The van der Waals surface area contributed by atoms with Crippen molar-refractivity contribution in [2.24, 2.45) is 5.73 Å². The summed E-state index contributed by atoms with van der Waals surface area (Å²) >= 11 is 0. The van der Waals surface area contributed by atoms with Gasteiger partial charge in [-0.25, -0.2) is 0 Å². The number of piperidine rings is 2. The van der Waals surface area contributed by atoms with E-state index in [-0.39, 0.29) is 0 Å². The van der Waals surface area contributed by atoms with E-state index in [9.17, 15) is 0 Å². The third-order valence-corrected chi connectivity index (χ3v) is 3.38. The SMILES string of the molecule is CN1[C@@H]2CCC[C@H]1C[C@H](N)C2. The molecule has 0 aromatic rings. The van der Waals surface area contributed by atoms with Crippen LogP contribution < -0.4 is 5.73 Å². The molecule has 11 heavy (non-hydrogen) atoms. The zero-order valence-electron chi connectivity index (χ0n) is 7.29. The molecule has 2 nitrogen and oxygen atoms in total. The molecule has 2 aliphatic heterocycles. The predicted octanol–water partition coefficient (Wildman–Crippen LogP) is 0.960. The summed E-state index contributed by atoms with van der Waals surface area (Å²) in [6.45, 7) is 0. The Labute approximate surface area is 68.7 Å². The van der Waals surface area contributed by atoms with Gasteiger partial charge in [0, 0.05) is 18.1 Å². The fourth-order valence-corrected chi connectivity index (χ4v) is 2.66. The summed E-state index contributed by atoms with van der Waals surface area (Å²) in [5, 5.41) is 0. The molecule has 0 amide bonds. The van der Waals surface area contributed by atoms with E-state index < -0.39 is 0 Å². The summed E-state index contributed by atoms with van der Waals surface area (Å²) in [5.41, 5.74) is 5.96. The molecule has 2 bridgehead atoms. The summed E-state index contributed by atoms with van der Waals surface area (Å²) < 4.78 is 0. The average molecular weight is 154 g/mol. The van der Waals surface area contributed by atoms with Crippen LogP contribution in [0.5, 0.6) is 0 Å². The first kappa shape index (κ1) is 7.56. The summed E-state index contributed by atoms with van der Waals surface area (Å²) in [6.07, 6.45) is 6.63. The van der Waals surface area contributed by atoms with Crippen molar-refractivity contribution in [1.29, 1.82) is 0 Å². The van der Waals surface area contributed by atoms with Crippen molar-refractivity contribution >= 4 is 0 Å². The van der Waals surface area contributed by atoms with Gasteiger partial charge in [0.05, 0.1) is 0 Å². The van der Waals surface area contributed by atoms with E-state index in [1.165, 1.54) is 32.1 Å². The largest absolute Gasteiger partial charge is 0.328 e. The molecule has 2 heterocycles. The molecule has 64 valence electrons. The highest BCUT2D eigenvalue weighted by atomic mass is 15.2. The van der Waals surface area contributed by atoms with Crippen LogP contribution in [0.15, 0.2) is 0 Å². The molecule has 2 heteroatoms. The molecule has 0 aromatic carbocycles. The van der Waals surface area contributed by atoms with Crippen LogP contribution in [0.2, 0.25) is 0 Å². The Hall–Kier alpha value is -0.0800. The maximum absolute atomic E-state index is 5.96. The molecule has 0 aromatic heterocycles. The highest BCUT2D eigenvalue weighted by Crippen LogP contribution is 2.31. The number of rotatable bonds is 0. The summed E-state index contributed by atoms with van der Waals surface area (Å²) in [4.78, 5) is 2.55. The Morgan fingerprint density at radius 2 is 1.73 bits per heavy atom. The number of nitrogens with two attached hydrogens (primary N) is 1. The topological polar surface area (TPSA) is 29.3 Å². The van der Waals surface area contributed by atoms with Crippen LogP contribution in [0.25, 0.3) is 0 Å². The summed E-state index contributed by atoms with van der Waals surface area (Å²) in [5.74, 6) is 0. The van der Waals surface area contributed by atoms with Crippen molar-refractivity contribution in [2.75, 3.05) is 7.05 Å². The zero-order valence-corrected chi connectivity index (χ0v) is 7.29. The second-order valence-corrected chi connectivity index (χ2v) is 4.14. The van der Waals surface area contributed by atoms with Crippen LogP contribution in [0, 0.1) is 0 Å². The van der Waals surface area contributed by atoms with Gasteiger partial charge in [-0.1, -0.05) is 6.42 Å². The standard InChI is InChI=1S/C9H18N2/c1-11-8-3-2-4-9(11)6-7(10)5-8/h7-9H,2-6,10H2,1H3/t7-,8-,9+. The fourth-order valence-electron chi connectivity index (χ4n) is 2.66. The summed E-state index contributed by atoms with van der Waals surface area (Å²) in [6, 6.07) is 2.09. The zero-order chi connectivity index (χ0) is 7.84. The normalized spacial score (nSPS) is 45.8. The Kier molecular flexibility index (Phi) is 1.90. The lowest BCUT2D eigenvalue weighted by Crippen LogP contribution is -2.53. The summed E-state index contributed by atoms with van der Waals surface area (Å²) in [7, 11) is 2.26. The maximum atomic E-state index is 5.96. The minimum Gasteiger partial charge on any atom is -0.328 e. The first-order valence-electron chi connectivity index (χ1n) is 4.75. The number of hydrogen-bond acceptors (Lipinski definition) is 2. The van der Waals surface area contributed by atoms with Crippen molar-refractivity contribution in [3.63, 3.8) is 0 Å². The van der Waals surface area contributed by atoms with E-state index in [0.29, 0.717) is 6.04 Å². The van der Waals surface area contributed by atoms with Crippen molar-refractivity contribution < 1.29 is 0 Å². The molecule has 2 saturated heterocycles. The Morgan fingerprint density at radius 3 is 2.27 bits per heavy atom. The monoisotopic (exact) mass is 154 g/mol. The predicted molar refractivity (Wildman–Crippen MR) is 46.4 cm³/mol. The van der Waals surface area contributed by atoms with Crippen molar-refractivity contribution in [1.82, 2.24) is 4.90 Å². The van der Waals surface area contributed by atoms with Gasteiger partial charge in [0.15, 0.2) is 0 Å². The molecule has 2 fully saturated rings. The lowest BCUT2D eigenvalue weighted by atomic mass is 9.83. The third kappa shape index (κ3) is 1.30. The van der Waals surface area contributed by atoms with Crippen LogP contribution in [0.4, 0.5) is 0 Å². The second kappa shape index (κ2) is 2.76. The molecule has 2 rings (SSSR count). The third-order valence-electron chi connectivity index (χ3n) is 3.38. The van der Waals surface area contributed by atoms with E-state index in [1.54, 1.807) is 0 Å². The van der Waals surface area contributed by atoms with Crippen molar-refractivity contribution in [3.8, 4) is 0 Å². The Morgan fingerprint density at radius 1 is 1.18 bits per heavy atom. The van der Waals surface area contributed by atoms with Gasteiger partial charge < -0.3 is 10.6 Å². The van der Waals surface area contributed by atoms with Crippen molar-refractivity contribution in [2.45, 2.75) is 50.2 Å². The van der Waals surface area contributed by atoms with E-state index in [2.05, 4.69) is 11.9 Å². The van der Waals surface area contributed by atoms with Gasteiger partial charge in [-0.2, -0.15) is 0 Å². The van der Waals surface area contributed by atoms with Gasteiger partial charge >= 0.3 is 0 Å². The number of hydrogen-bond donors (Lipinski definition) is 1. The van der Waals surface area contributed by atoms with Gasteiger partial charge in [-0.3, -0.25) is 0 Å². The maximum Gasteiger partial charge on any atom is 0.0110 e. The molecule has 2 aliphatic rings. The van der Waals surface area contributed by atoms with Crippen LogP contribution in [-0.2, 0) is 0 Å². The van der Waals surface area contributed by atoms with Gasteiger partial charge in [-0.05, 0) is 32.7 Å². The van der Waals surface area contributed by atoms with Crippen LogP contribution in [0.1, 0.15) is 32.1 Å². The van der Waals surface area contributed by atoms with Crippen LogP contribution >= 0.6 is 0 Å². The molecular weight excluding hydrogens is 136 g/mol. The minimum atomic E-state index is 0.487. The van der Waals surface area contributed by atoms with E-state index >= 15 is 0 Å². The quantitative estimate of drug-likeness (QED) is 0.563. The number of nitrogens with zero attached hydrogens (tertiary/aromatic N) is 1. The van der Waals surface area contributed by atoms with E-state index in [4.69, 9.17) is 5.73 Å². The average Bonchev–Trinajstić information content (AvgIpc) is 1.92. The molecule has 0 saturated carbocycles. The Bertz CT molecular complexity index is 132. The van der Waals surface area contributed by atoms with Crippen molar-refractivity contribution in [3.05, 3.63) is 0 Å². The highest BCUT2D eigenvalue weighted by molar-refractivity contribution is 4.91. The number of fused-ring (bicyclic) bond motifs is 2. The molecule has 0 spiro atoms. The van der Waals surface area contributed by atoms with Crippen LogP contribution in [0.3, 0.4) is 0 Å². The van der Waals surface area contributed by atoms with Gasteiger partial charge in [0.1, 0.15) is 0 Å². The van der Waals surface area contributed by atoms with E-state index in [0.717, 1.165) is 12.1 Å². The molecule has 0 aliphatic carbocycles. The lowest BCUT2D eigenvalue weighted by Gasteiger charge is -2.46. The van der Waals surface area contributed by atoms with Gasteiger partial charge in [0.2, 0.25) is 0 Å². The molecule has 3 atom stereocenters.